The van der Waals surface area contributed by atoms with E-state index in [0.29, 0.717) is 11.3 Å². The molecular formula is C31H34N2O12S. The first-order valence-electron chi connectivity index (χ1n) is 14.1. The van der Waals surface area contributed by atoms with Crippen LogP contribution in [-0.2, 0) is 47.6 Å². The summed E-state index contributed by atoms with van der Waals surface area (Å²) in [6.45, 7) is 7.08. The highest BCUT2D eigenvalue weighted by molar-refractivity contribution is 7.71. The Morgan fingerprint density at radius 2 is 1.46 bits per heavy atom. The topological polar surface area (TPSA) is 179 Å². The first-order chi connectivity index (χ1) is 21.7. The molecule has 1 fully saturated rings. The first-order valence-corrected chi connectivity index (χ1v) is 14.5. The standard InChI is InChI=1S/C31H34N2O12S/c1-8-40-31(38)24-15(2)33(30(46)22(13-32)25(24)20-9-11-21(39-7)12-10-20)29-28(44-19(6)37)27(43-18(5)36)26(42-17(4)35)23(45-29)14-41-16(3)34/h9-12,23,26-29H,8,14H2,1-7H3/t23-,26+,27+,28-,29+/m0/s1. The van der Waals surface area contributed by atoms with Gasteiger partial charge in [0.05, 0.1) is 24.8 Å². The second-order valence-electron chi connectivity index (χ2n) is 10.0. The van der Waals surface area contributed by atoms with E-state index in [1.807, 2.05) is 0 Å². The minimum Gasteiger partial charge on any atom is -0.497 e. The number of benzene rings is 1. The normalized spacial score (nSPS) is 20.4. The van der Waals surface area contributed by atoms with Crippen molar-refractivity contribution in [1.82, 2.24) is 4.57 Å². The minimum absolute atomic E-state index is 0.00308. The molecule has 14 nitrogen and oxygen atoms in total. The number of ether oxygens (including phenoxy) is 7. The smallest absolute Gasteiger partial charge is 0.340 e. The van der Waals surface area contributed by atoms with Crippen LogP contribution in [0.4, 0.5) is 0 Å². The van der Waals surface area contributed by atoms with Crippen molar-refractivity contribution in [3.8, 4) is 22.9 Å². The number of hydrogen-bond acceptors (Lipinski definition) is 14. The molecule has 0 saturated carbocycles. The predicted molar refractivity (Wildman–Crippen MR) is 160 cm³/mol. The lowest BCUT2D eigenvalue weighted by atomic mass is 9.93. The fourth-order valence-corrected chi connectivity index (χ4v) is 5.52. The van der Waals surface area contributed by atoms with E-state index in [1.54, 1.807) is 31.2 Å². The highest BCUT2D eigenvalue weighted by atomic mass is 32.1. The molecule has 0 spiro atoms. The number of methoxy groups -OCH3 is 1. The van der Waals surface area contributed by atoms with Crippen molar-refractivity contribution in [3.63, 3.8) is 0 Å². The van der Waals surface area contributed by atoms with Crippen molar-refractivity contribution >= 4 is 42.1 Å². The van der Waals surface area contributed by atoms with Gasteiger partial charge in [0.1, 0.15) is 29.2 Å². The summed E-state index contributed by atoms with van der Waals surface area (Å²) in [5.41, 5.74) is 0.581. The Balaban J connectivity index is 2.42. The van der Waals surface area contributed by atoms with Crippen LogP contribution in [-0.4, -0.2) is 79.2 Å². The zero-order valence-corrected chi connectivity index (χ0v) is 27.1. The molecule has 0 unspecified atom stereocenters. The van der Waals surface area contributed by atoms with Crippen LogP contribution in [0, 0.1) is 22.9 Å². The number of rotatable bonds is 10. The number of nitrogens with zero attached hydrogens (tertiary/aromatic N) is 2. The van der Waals surface area contributed by atoms with Crippen molar-refractivity contribution in [2.45, 2.75) is 72.2 Å². The van der Waals surface area contributed by atoms with Crippen LogP contribution < -0.4 is 4.74 Å². The number of carbonyl (C=O) groups excluding carboxylic acids is 5. The number of carbonyl (C=O) groups is 5. The molecule has 246 valence electrons. The van der Waals surface area contributed by atoms with E-state index in [2.05, 4.69) is 6.07 Å². The lowest BCUT2D eigenvalue weighted by Gasteiger charge is -2.45. The van der Waals surface area contributed by atoms with Crippen LogP contribution in [0.2, 0.25) is 0 Å². The highest BCUT2D eigenvalue weighted by Gasteiger charge is 2.53. The van der Waals surface area contributed by atoms with E-state index in [9.17, 15) is 29.2 Å². The van der Waals surface area contributed by atoms with Gasteiger partial charge in [0.2, 0.25) is 0 Å². The van der Waals surface area contributed by atoms with Crippen LogP contribution in [0.25, 0.3) is 11.1 Å². The number of pyridine rings is 1. The zero-order chi connectivity index (χ0) is 34.3. The molecule has 0 N–H and O–H groups in total. The number of aromatic nitrogens is 1. The Kier molecular flexibility index (Phi) is 12.0. The summed E-state index contributed by atoms with van der Waals surface area (Å²) in [6, 6.07) is 8.64. The molecule has 1 aliphatic heterocycles. The third-order valence-corrected chi connectivity index (χ3v) is 7.25. The summed E-state index contributed by atoms with van der Waals surface area (Å²) in [5.74, 6) is -3.42. The van der Waals surface area contributed by atoms with E-state index in [1.165, 1.54) is 18.6 Å². The maximum absolute atomic E-state index is 13.6. The second kappa shape index (κ2) is 15.5. The SMILES string of the molecule is CCOC(=O)c1c(-c2ccc(OC)cc2)c(C#N)c(=S)n([C@@H]2O[C@@H](COC(C)=O)[C@@H](OC(C)=O)[C@@H](OC(C)=O)[C@@H]2OC(C)=O)c1C. The predicted octanol–water partition coefficient (Wildman–Crippen LogP) is 3.51. The van der Waals surface area contributed by atoms with E-state index in [0.717, 1.165) is 27.7 Å². The Morgan fingerprint density at radius 1 is 0.891 bits per heavy atom. The van der Waals surface area contributed by atoms with Crippen LogP contribution in [0.1, 0.15) is 62.5 Å². The van der Waals surface area contributed by atoms with E-state index in [4.69, 9.17) is 45.4 Å². The monoisotopic (exact) mass is 658 g/mol. The van der Waals surface area contributed by atoms with Crippen LogP contribution in [0.3, 0.4) is 0 Å². The van der Waals surface area contributed by atoms with Crippen molar-refractivity contribution in [1.29, 1.82) is 5.26 Å². The molecule has 1 aliphatic rings. The average Bonchev–Trinajstić information content (AvgIpc) is 2.98. The second-order valence-corrected chi connectivity index (χ2v) is 10.4. The zero-order valence-electron chi connectivity index (χ0n) is 26.3. The third kappa shape index (κ3) is 7.88. The van der Waals surface area contributed by atoms with Gasteiger partial charge in [0.15, 0.2) is 24.5 Å². The van der Waals surface area contributed by atoms with Gasteiger partial charge < -0.3 is 37.7 Å². The number of hydrogen-bond donors (Lipinski definition) is 0. The molecule has 1 aromatic carbocycles. The summed E-state index contributed by atoms with van der Waals surface area (Å²) >= 11 is 5.81. The fraction of sp³-hybridized carbons (Fsp3) is 0.452. The average molecular weight is 659 g/mol. The van der Waals surface area contributed by atoms with Gasteiger partial charge in [-0.05, 0) is 31.5 Å². The summed E-state index contributed by atoms with van der Waals surface area (Å²) < 4.78 is 39.8. The Labute approximate surface area is 270 Å². The van der Waals surface area contributed by atoms with Gasteiger partial charge in [0.25, 0.3) is 0 Å². The molecule has 0 radical (unpaired) electrons. The Hall–Kier alpha value is -4.81. The molecule has 3 rings (SSSR count). The van der Waals surface area contributed by atoms with Gasteiger partial charge in [-0.15, -0.1) is 0 Å². The van der Waals surface area contributed by atoms with Gasteiger partial charge in [-0.1, -0.05) is 24.4 Å². The lowest BCUT2D eigenvalue weighted by Crippen LogP contribution is -2.60. The number of nitriles is 1. The molecule has 5 atom stereocenters. The molecule has 2 heterocycles. The quantitative estimate of drug-likeness (QED) is 0.206. The van der Waals surface area contributed by atoms with E-state index < -0.39 is 67.1 Å². The van der Waals surface area contributed by atoms with E-state index in [-0.39, 0.29) is 33.6 Å². The summed E-state index contributed by atoms with van der Waals surface area (Å²) in [4.78, 5) is 62.2. The molecular weight excluding hydrogens is 624 g/mol. The van der Waals surface area contributed by atoms with Crippen LogP contribution in [0.15, 0.2) is 24.3 Å². The fourth-order valence-electron chi connectivity index (χ4n) is 5.13. The molecule has 1 aromatic heterocycles. The molecule has 1 saturated heterocycles. The van der Waals surface area contributed by atoms with Gasteiger partial charge in [0, 0.05) is 39.0 Å². The maximum Gasteiger partial charge on any atom is 0.340 e. The largest absolute Gasteiger partial charge is 0.497 e. The highest BCUT2D eigenvalue weighted by Crippen LogP contribution is 2.39. The Bertz CT molecular complexity index is 1610. The first kappa shape index (κ1) is 35.7. The molecule has 15 heteroatoms. The molecule has 0 bridgehead atoms. The molecule has 46 heavy (non-hydrogen) atoms. The molecule has 0 amide bonds. The van der Waals surface area contributed by atoms with Crippen molar-refractivity contribution in [3.05, 3.63) is 45.7 Å². The lowest BCUT2D eigenvalue weighted by molar-refractivity contribution is -0.269. The van der Waals surface area contributed by atoms with E-state index >= 15 is 0 Å². The minimum atomic E-state index is -1.54. The van der Waals surface area contributed by atoms with Gasteiger partial charge in [-0.2, -0.15) is 5.26 Å². The maximum atomic E-state index is 13.6. The van der Waals surface area contributed by atoms with Gasteiger partial charge in [-0.25, -0.2) is 4.79 Å². The summed E-state index contributed by atoms with van der Waals surface area (Å²) in [7, 11) is 1.49. The van der Waals surface area contributed by atoms with Crippen LogP contribution >= 0.6 is 12.2 Å². The molecule has 0 aliphatic carbocycles. The van der Waals surface area contributed by atoms with Gasteiger partial charge >= 0.3 is 29.8 Å². The van der Waals surface area contributed by atoms with Crippen LogP contribution in [0.5, 0.6) is 5.75 Å². The van der Waals surface area contributed by atoms with Crippen molar-refractivity contribution in [2.24, 2.45) is 0 Å². The third-order valence-electron chi connectivity index (χ3n) is 6.85. The van der Waals surface area contributed by atoms with Crippen molar-refractivity contribution < 1.29 is 57.1 Å². The summed E-state index contributed by atoms with van der Waals surface area (Å²) in [5, 5.41) is 10.4. The number of esters is 5. The summed E-state index contributed by atoms with van der Waals surface area (Å²) in [6.07, 6.45) is -7.28. The molecule has 2 aromatic rings. The van der Waals surface area contributed by atoms with Gasteiger partial charge in [-0.3, -0.25) is 19.2 Å². The Morgan fingerprint density at radius 3 is 1.96 bits per heavy atom. The van der Waals surface area contributed by atoms with Crippen molar-refractivity contribution in [2.75, 3.05) is 20.3 Å².